The molecule has 0 aliphatic carbocycles. The van der Waals surface area contributed by atoms with Crippen LogP contribution in [0.1, 0.15) is 40.9 Å². The number of benzene rings is 4. The first-order valence-corrected chi connectivity index (χ1v) is 18.0. The fourth-order valence-corrected chi connectivity index (χ4v) is 6.94. The molecule has 1 aliphatic heterocycles. The summed E-state index contributed by atoms with van der Waals surface area (Å²) in [4.78, 5) is 30.3. The first-order valence-electron chi connectivity index (χ1n) is 16.6. The van der Waals surface area contributed by atoms with Gasteiger partial charge >= 0.3 is 0 Å². The minimum atomic E-state index is -3.86. The van der Waals surface area contributed by atoms with Crippen LogP contribution in [-0.2, 0) is 27.8 Å². The number of nitrogens with one attached hydrogen (secondary N) is 2. The molecule has 12 heteroatoms. The van der Waals surface area contributed by atoms with Crippen molar-refractivity contribution in [2.75, 3.05) is 42.5 Å². The summed E-state index contributed by atoms with van der Waals surface area (Å²) in [5.74, 6) is -0.0566. The lowest BCUT2D eigenvalue weighted by Crippen LogP contribution is -2.47. The maximum Gasteiger partial charge on any atom is 0.261 e. The van der Waals surface area contributed by atoms with Gasteiger partial charge < -0.3 is 25.8 Å². The number of anilines is 3. The van der Waals surface area contributed by atoms with Gasteiger partial charge in [0, 0.05) is 42.4 Å². The number of carbonyl (C=O) groups is 2. The number of likely N-dealkylation sites (N-methyl/N-ethyl adjacent to an activating group) is 1. The number of nitrogens with two attached hydrogens (primary N) is 1. The zero-order valence-electron chi connectivity index (χ0n) is 28.8. The lowest BCUT2D eigenvalue weighted by molar-refractivity contribution is -0.134. The number of nitrogens with zero attached hydrogens (tertiary/aromatic N) is 2. The Morgan fingerprint density at radius 3 is 2.44 bits per heavy atom. The van der Waals surface area contributed by atoms with Crippen molar-refractivity contribution in [3.05, 3.63) is 113 Å². The molecule has 0 saturated heterocycles. The molecule has 3 atom stereocenters. The number of fused-ring (bicyclic) bond motifs is 1. The number of rotatable bonds is 11. The summed E-state index contributed by atoms with van der Waals surface area (Å²) in [6, 6.07) is 25.6. The molecule has 5 rings (SSSR count). The van der Waals surface area contributed by atoms with Crippen molar-refractivity contribution < 1.29 is 27.9 Å². The van der Waals surface area contributed by atoms with Gasteiger partial charge in [-0.3, -0.25) is 19.2 Å². The average Bonchev–Trinajstić information content (AvgIpc) is 3.12. The molecule has 1 heterocycles. The first kappa shape index (κ1) is 36.4. The van der Waals surface area contributed by atoms with E-state index < -0.39 is 16.1 Å². The second-order valence-electron chi connectivity index (χ2n) is 13.1. The number of para-hydroxylation sites is 2. The molecule has 2 amide bonds. The number of carbonyl (C=O) groups excluding carboxylic acids is 2. The SMILES string of the molecule is Cc1ccc(S(=O)(=O)Nc2ccc3c(c2)CC(=O)N([C@@H](C)CO)C[C@@H](C)[C@H](CN(C)Cc2ccc(C(=O)Nc4ccccc4N)cc2)O3)cc1. The van der Waals surface area contributed by atoms with E-state index in [1.165, 1.54) is 0 Å². The van der Waals surface area contributed by atoms with Gasteiger partial charge in [0.2, 0.25) is 5.91 Å². The van der Waals surface area contributed by atoms with Crippen LogP contribution >= 0.6 is 0 Å². The summed E-state index contributed by atoms with van der Waals surface area (Å²) in [5, 5.41) is 12.8. The van der Waals surface area contributed by atoms with Crippen molar-refractivity contribution in [2.45, 2.75) is 50.8 Å². The van der Waals surface area contributed by atoms with Crippen molar-refractivity contribution in [3.8, 4) is 5.75 Å². The first-order chi connectivity index (χ1) is 23.8. The van der Waals surface area contributed by atoms with E-state index in [1.54, 1.807) is 84.6 Å². The standard InChI is InChI=1S/C38H45N5O6S/c1-25-9-16-32(17-10-25)50(47,48)41-31-15-18-35-30(19-31)20-37(45)43(27(3)24-44)21-26(2)36(49-35)23-42(4)22-28-11-13-29(14-12-28)38(46)40-34-8-6-5-7-33(34)39/h5-19,26-27,36,41,44H,20-24,39H2,1-4H3,(H,40,46)/t26-,27+,36+/m1/s1. The predicted octanol–water partition coefficient (Wildman–Crippen LogP) is 4.91. The topological polar surface area (TPSA) is 154 Å². The number of ether oxygens (including phenoxy) is 1. The molecule has 0 aromatic heterocycles. The van der Waals surface area contributed by atoms with Gasteiger partial charge in [-0.05, 0) is 81.1 Å². The molecule has 0 saturated carbocycles. The lowest BCUT2D eigenvalue weighted by Gasteiger charge is -2.34. The maximum atomic E-state index is 13.6. The van der Waals surface area contributed by atoms with Crippen molar-refractivity contribution in [1.29, 1.82) is 0 Å². The number of aryl methyl sites for hydroxylation is 1. The summed E-state index contributed by atoms with van der Waals surface area (Å²) in [6.45, 7) is 6.96. The molecular weight excluding hydrogens is 655 g/mol. The highest BCUT2D eigenvalue weighted by molar-refractivity contribution is 7.92. The predicted molar refractivity (Wildman–Crippen MR) is 196 cm³/mol. The minimum absolute atomic E-state index is 0.0220. The van der Waals surface area contributed by atoms with E-state index in [0.29, 0.717) is 53.6 Å². The van der Waals surface area contributed by atoms with Crippen LogP contribution in [0.4, 0.5) is 17.1 Å². The molecule has 4 aromatic rings. The molecule has 50 heavy (non-hydrogen) atoms. The zero-order chi connectivity index (χ0) is 36.0. The van der Waals surface area contributed by atoms with Crippen LogP contribution < -0.4 is 20.5 Å². The number of amides is 2. The third kappa shape index (κ3) is 9.00. The molecule has 0 spiro atoms. The van der Waals surface area contributed by atoms with Crippen LogP contribution in [0, 0.1) is 12.8 Å². The lowest BCUT2D eigenvalue weighted by atomic mass is 10.0. The molecule has 0 radical (unpaired) electrons. The molecule has 1 aliphatic rings. The van der Waals surface area contributed by atoms with Gasteiger partial charge in [-0.2, -0.15) is 0 Å². The number of hydrogen-bond donors (Lipinski definition) is 4. The summed E-state index contributed by atoms with van der Waals surface area (Å²) >= 11 is 0. The summed E-state index contributed by atoms with van der Waals surface area (Å²) in [7, 11) is -1.89. The quantitative estimate of drug-likeness (QED) is 0.161. The van der Waals surface area contributed by atoms with Gasteiger partial charge in [0.15, 0.2) is 0 Å². The Labute approximate surface area is 294 Å². The summed E-state index contributed by atoms with van der Waals surface area (Å²) < 4.78 is 35.5. The van der Waals surface area contributed by atoms with Gasteiger partial charge in [0.1, 0.15) is 11.9 Å². The van der Waals surface area contributed by atoms with Crippen molar-refractivity contribution in [3.63, 3.8) is 0 Å². The Hall–Kier alpha value is -4.91. The Balaban J connectivity index is 1.33. The minimum Gasteiger partial charge on any atom is -0.488 e. The largest absolute Gasteiger partial charge is 0.488 e. The zero-order valence-corrected chi connectivity index (χ0v) is 29.6. The highest BCUT2D eigenvalue weighted by atomic mass is 32.2. The maximum absolute atomic E-state index is 13.6. The van der Waals surface area contributed by atoms with Crippen LogP contribution in [-0.4, -0.2) is 74.0 Å². The monoisotopic (exact) mass is 699 g/mol. The number of aliphatic hydroxyl groups excluding tert-OH is 1. The number of aliphatic hydroxyl groups is 1. The normalized spacial score (nSPS) is 17.2. The number of nitrogen functional groups attached to an aromatic ring is 1. The number of hydrogen-bond acceptors (Lipinski definition) is 8. The summed E-state index contributed by atoms with van der Waals surface area (Å²) in [6.07, 6.45) is -0.374. The van der Waals surface area contributed by atoms with E-state index in [1.807, 2.05) is 39.1 Å². The molecule has 264 valence electrons. The van der Waals surface area contributed by atoms with Gasteiger partial charge in [-0.15, -0.1) is 0 Å². The van der Waals surface area contributed by atoms with Crippen molar-refractivity contribution >= 4 is 38.9 Å². The van der Waals surface area contributed by atoms with E-state index in [2.05, 4.69) is 14.9 Å². The molecule has 0 bridgehead atoms. The Morgan fingerprint density at radius 1 is 1.06 bits per heavy atom. The van der Waals surface area contributed by atoms with Crippen LogP contribution in [0.5, 0.6) is 5.75 Å². The van der Waals surface area contributed by atoms with Crippen molar-refractivity contribution in [1.82, 2.24) is 9.80 Å². The highest BCUT2D eigenvalue weighted by Gasteiger charge is 2.31. The van der Waals surface area contributed by atoms with Crippen LogP contribution in [0.25, 0.3) is 0 Å². The van der Waals surface area contributed by atoms with Crippen LogP contribution in [0.2, 0.25) is 0 Å². The molecule has 11 nitrogen and oxygen atoms in total. The van der Waals surface area contributed by atoms with Gasteiger partial charge in [-0.25, -0.2) is 8.42 Å². The Bertz CT molecular complexity index is 1920. The fraction of sp³-hybridized carbons (Fsp3) is 0.316. The number of sulfonamides is 1. The Kier molecular flexibility index (Phi) is 11.5. The van der Waals surface area contributed by atoms with Gasteiger partial charge in [0.25, 0.3) is 15.9 Å². The van der Waals surface area contributed by atoms with E-state index in [4.69, 9.17) is 10.5 Å². The smallest absolute Gasteiger partial charge is 0.261 e. The third-order valence-electron chi connectivity index (χ3n) is 8.87. The molecule has 4 aromatic carbocycles. The molecule has 0 fully saturated rings. The highest BCUT2D eigenvalue weighted by Crippen LogP contribution is 2.30. The fourth-order valence-electron chi connectivity index (χ4n) is 5.89. The second-order valence-corrected chi connectivity index (χ2v) is 14.7. The molecule has 5 N–H and O–H groups in total. The van der Waals surface area contributed by atoms with E-state index >= 15 is 0 Å². The summed E-state index contributed by atoms with van der Waals surface area (Å²) in [5.41, 5.74) is 10.3. The average molecular weight is 700 g/mol. The van der Waals surface area contributed by atoms with E-state index in [0.717, 1.165) is 11.1 Å². The third-order valence-corrected chi connectivity index (χ3v) is 10.3. The molecule has 0 unspecified atom stereocenters. The van der Waals surface area contributed by atoms with E-state index in [-0.39, 0.29) is 41.8 Å². The Morgan fingerprint density at radius 2 is 1.76 bits per heavy atom. The van der Waals surface area contributed by atoms with Gasteiger partial charge in [0.05, 0.1) is 35.3 Å². The van der Waals surface area contributed by atoms with Gasteiger partial charge in [-0.1, -0.05) is 48.9 Å². The van der Waals surface area contributed by atoms with E-state index in [9.17, 15) is 23.1 Å². The van der Waals surface area contributed by atoms with Crippen molar-refractivity contribution in [2.24, 2.45) is 5.92 Å². The van der Waals surface area contributed by atoms with Crippen LogP contribution in [0.15, 0.2) is 95.9 Å². The van der Waals surface area contributed by atoms with Crippen LogP contribution in [0.3, 0.4) is 0 Å². The second kappa shape index (κ2) is 15.8. The molecular formula is C38H45N5O6S.